The summed E-state index contributed by atoms with van der Waals surface area (Å²) >= 11 is 0. The molecule has 0 saturated carbocycles. The van der Waals surface area contributed by atoms with Crippen LogP contribution in [0.25, 0.3) is 0 Å². The van der Waals surface area contributed by atoms with E-state index in [1.165, 1.54) is 0 Å². The zero-order chi connectivity index (χ0) is 12.9. The standard InChI is InChI=1S/C6H8O6.CH2O3.2Na/c7-1-2(8)5-3(9)4(10)6(11)12-5;2-1(3)4;;/h2,5,7-10H,1H2;(H2,2,3,4);;/q;;2*+1/p-2/t2-,5+;;;/m0.../s1. The van der Waals surface area contributed by atoms with E-state index in [0.717, 1.165) is 0 Å². The Morgan fingerprint density at radius 2 is 1.83 bits per heavy atom. The van der Waals surface area contributed by atoms with Crippen molar-refractivity contribution >= 4 is 12.1 Å². The van der Waals surface area contributed by atoms with Crippen LogP contribution in [0.2, 0.25) is 0 Å². The summed E-state index contributed by atoms with van der Waals surface area (Å²) in [5.41, 5.74) is 0. The number of ether oxygens (including phenoxy) is 1. The minimum Gasteiger partial charge on any atom is -0.865 e. The summed E-state index contributed by atoms with van der Waals surface area (Å²) in [5, 5.41) is 52.1. The van der Waals surface area contributed by atoms with E-state index in [2.05, 4.69) is 4.74 Å². The first kappa shape index (κ1) is 23.1. The number of carbonyl (C=O) groups excluding carboxylic acids is 1. The van der Waals surface area contributed by atoms with Gasteiger partial charge >= 0.3 is 65.1 Å². The van der Waals surface area contributed by atoms with Crippen molar-refractivity contribution < 1.29 is 104 Å². The fourth-order valence-corrected chi connectivity index (χ4v) is 0.815. The van der Waals surface area contributed by atoms with Crippen molar-refractivity contribution in [1.29, 1.82) is 0 Å². The van der Waals surface area contributed by atoms with Gasteiger partial charge in [-0.3, -0.25) is 0 Å². The average Bonchev–Trinajstić information content (AvgIpc) is 2.44. The first-order valence-electron chi connectivity index (χ1n) is 3.81. The van der Waals surface area contributed by atoms with Gasteiger partial charge in [-0.1, -0.05) is 0 Å². The van der Waals surface area contributed by atoms with Crippen LogP contribution in [0.1, 0.15) is 0 Å². The van der Waals surface area contributed by atoms with Crippen LogP contribution in [-0.2, 0) is 9.53 Å². The fourth-order valence-electron chi connectivity index (χ4n) is 0.815. The second-order valence-electron chi connectivity index (χ2n) is 2.56. The summed E-state index contributed by atoms with van der Waals surface area (Å²) in [6, 6.07) is 0. The van der Waals surface area contributed by atoms with E-state index in [4.69, 9.17) is 30.3 Å². The number of cyclic esters (lactones) is 1. The minimum absolute atomic E-state index is 0. The molecule has 0 amide bonds. The molecule has 4 N–H and O–H groups in total. The van der Waals surface area contributed by atoms with Gasteiger partial charge < -0.3 is 40.2 Å². The molecule has 0 bridgehead atoms. The molecule has 92 valence electrons. The number of aliphatic hydroxyl groups is 3. The van der Waals surface area contributed by atoms with Gasteiger partial charge in [0.1, 0.15) is 11.9 Å². The van der Waals surface area contributed by atoms with Crippen molar-refractivity contribution in [3.05, 3.63) is 11.5 Å². The van der Waals surface area contributed by atoms with Gasteiger partial charge in [-0.05, 0) is 0 Å². The molecule has 0 saturated heterocycles. The van der Waals surface area contributed by atoms with Crippen LogP contribution in [-0.4, -0.2) is 51.4 Å². The van der Waals surface area contributed by atoms with Crippen molar-refractivity contribution in [2.75, 3.05) is 6.61 Å². The van der Waals surface area contributed by atoms with Gasteiger partial charge in [0.15, 0.2) is 6.10 Å². The van der Waals surface area contributed by atoms with Crippen LogP contribution in [0.4, 0.5) is 4.79 Å². The maximum atomic E-state index is 10.6. The van der Waals surface area contributed by atoms with Crippen molar-refractivity contribution in [2.24, 2.45) is 0 Å². The topological polar surface area (TPSA) is 170 Å². The molecule has 9 nitrogen and oxygen atoms in total. The molecule has 0 aromatic rings. The molecular formula is C7H8Na2O9. The van der Waals surface area contributed by atoms with Crippen LogP contribution in [0, 0.1) is 0 Å². The second kappa shape index (κ2) is 10.9. The Bertz CT molecular complexity index is 312. The Kier molecular flexibility index (Phi) is 14.0. The average molecular weight is 282 g/mol. The number of carbonyl (C=O) groups is 2. The Morgan fingerprint density at radius 1 is 1.44 bits per heavy atom. The van der Waals surface area contributed by atoms with E-state index in [0.29, 0.717) is 0 Å². The largest absolute Gasteiger partial charge is 1.00 e. The van der Waals surface area contributed by atoms with E-state index in [1.807, 2.05) is 0 Å². The monoisotopic (exact) mass is 282 g/mol. The summed E-state index contributed by atoms with van der Waals surface area (Å²) < 4.78 is 4.25. The number of hydrogen-bond donors (Lipinski definition) is 4. The molecule has 2 atom stereocenters. The zero-order valence-corrected chi connectivity index (χ0v) is 13.7. The van der Waals surface area contributed by atoms with Crippen molar-refractivity contribution in [1.82, 2.24) is 0 Å². The first-order chi connectivity index (χ1) is 7.31. The molecule has 1 aliphatic heterocycles. The molecule has 1 rings (SSSR count). The van der Waals surface area contributed by atoms with Gasteiger partial charge in [0.2, 0.25) is 6.16 Å². The van der Waals surface area contributed by atoms with Crippen LogP contribution < -0.4 is 69.3 Å². The normalized spacial score (nSPS) is 18.6. The number of carboxylic acid groups (broad SMARTS) is 2. The first-order valence-corrected chi connectivity index (χ1v) is 3.81. The molecule has 11 heteroatoms. The van der Waals surface area contributed by atoms with Crippen LogP contribution in [0.3, 0.4) is 0 Å². The van der Waals surface area contributed by atoms with Crippen LogP contribution in [0.5, 0.6) is 0 Å². The Morgan fingerprint density at radius 3 is 2.06 bits per heavy atom. The molecule has 0 aromatic heterocycles. The Labute approximate surface area is 145 Å². The summed E-state index contributed by atoms with van der Waals surface area (Å²) in [6.07, 6.45) is -4.96. The molecule has 0 fully saturated rings. The molecule has 0 aliphatic carbocycles. The molecule has 0 radical (unpaired) electrons. The summed E-state index contributed by atoms with van der Waals surface area (Å²) in [7, 11) is 0. The van der Waals surface area contributed by atoms with Crippen LogP contribution in [0.15, 0.2) is 11.5 Å². The van der Waals surface area contributed by atoms with Gasteiger partial charge in [-0.2, -0.15) is 0 Å². The van der Waals surface area contributed by atoms with E-state index in [-0.39, 0.29) is 59.1 Å². The maximum absolute atomic E-state index is 10.6. The van der Waals surface area contributed by atoms with E-state index in [1.54, 1.807) is 0 Å². The van der Waals surface area contributed by atoms with Gasteiger partial charge in [0.05, 0.1) is 6.61 Å². The van der Waals surface area contributed by atoms with E-state index in [9.17, 15) is 9.90 Å². The van der Waals surface area contributed by atoms with Crippen molar-refractivity contribution in [3.8, 4) is 0 Å². The van der Waals surface area contributed by atoms with Crippen molar-refractivity contribution in [2.45, 2.75) is 12.2 Å². The number of rotatable bonds is 2. The quantitative estimate of drug-likeness (QED) is 0.283. The second-order valence-corrected chi connectivity index (χ2v) is 2.56. The van der Waals surface area contributed by atoms with Gasteiger partial charge in [-0.15, -0.1) is 0 Å². The minimum atomic E-state index is -2.08. The molecule has 1 aliphatic rings. The SMILES string of the molecule is O=C([O-])O.O=C1O[C@H]([C@@H](O)CO)C(O)=C1[O-].[Na+].[Na+]. The van der Waals surface area contributed by atoms with Crippen molar-refractivity contribution in [3.63, 3.8) is 0 Å². The number of aliphatic hydroxyl groups excluding tert-OH is 3. The number of hydrogen-bond acceptors (Lipinski definition) is 8. The third-order valence-corrected chi connectivity index (χ3v) is 1.46. The van der Waals surface area contributed by atoms with E-state index >= 15 is 0 Å². The van der Waals surface area contributed by atoms with Gasteiger partial charge in [0, 0.05) is 5.76 Å². The molecular weight excluding hydrogens is 274 g/mol. The van der Waals surface area contributed by atoms with Gasteiger partial charge in [-0.25, -0.2) is 4.79 Å². The molecule has 1 heterocycles. The molecule has 18 heavy (non-hydrogen) atoms. The molecule has 0 spiro atoms. The van der Waals surface area contributed by atoms with Crippen LogP contribution >= 0.6 is 0 Å². The molecule has 0 aromatic carbocycles. The Hall–Kier alpha value is -0.000000000000000444. The summed E-state index contributed by atoms with van der Waals surface area (Å²) in [6.45, 7) is -0.699. The third kappa shape index (κ3) is 7.44. The summed E-state index contributed by atoms with van der Waals surface area (Å²) in [4.78, 5) is 18.9. The molecule has 0 unspecified atom stereocenters. The van der Waals surface area contributed by atoms with E-state index < -0.39 is 42.5 Å². The predicted octanol–water partition coefficient (Wildman–Crippen LogP) is -9.71. The zero-order valence-electron chi connectivity index (χ0n) is 9.69. The summed E-state index contributed by atoms with van der Waals surface area (Å²) in [5.74, 6) is -3.25. The maximum Gasteiger partial charge on any atom is 1.00 e. The Balaban J connectivity index is -0.000000332. The van der Waals surface area contributed by atoms with Gasteiger partial charge in [0.25, 0.3) is 0 Å². The predicted molar refractivity (Wildman–Crippen MR) is 40.7 cm³/mol. The number of esters is 1. The third-order valence-electron chi connectivity index (χ3n) is 1.46. The smallest absolute Gasteiger partial charge is 0.865 e. The fraction of sp³-hybridized carbons (Fsp3) is 0.429.